The van der Waals surface area contributed by atoms with Gasteiger partial charge in [0.2, 0.25) is 11.1 Å². The van der Waals surface area contributed by atoms with Crippen molar-refractivity contribution in [3.63, 3.8) is 0 Å². The maximum Gasteiger partial charge on any atom is 0.240 e. The third-order valence-corrected chi connectivity index (χ3v) is 6.64. The Labute approximate surface area is 176 Å². The van der Waals surface area contributed by atoms with Crippen molar-refractivity contribution in [2.45, 2.75) is 23.2 Å². The molecule has 2 N–H and O–H groups in total. The van der Waals surface area contributed by atoms with Crippen LogP contribution in [0.4, 0.5) is 0 Å². The predicted molar refractivity (Wildman–Crippen MR) is 114 cm³/mol. The van der Waals surface area contributed by atoms with Crippen molar-refractivity contribution in [1.82, 2.24) is 19.8 Å². The van der Waals surface area contributed by atoms with E-state index in [0.717, 1.165) is 41.5 Å². The van der Waals surface area contributed by atoms with Crippen LogP contribution in [-0.2, 0) is 4.79 Å². The molecule has 1 aliphatic rings. The Hall–Kier alpha value is -2.32. The standard InChI is InChI=1S/C20H20BrN5OS/c21-16-11-5-4-10-15(16)18-23-24-20(26(18)22)28-17(14-8-2-1-3-9-14)19(27)25-12-6-7-13-25/h1-5,8-11,17H,6-7,12-13,22H2/t17-/m0/s1. The summed E-state index contributed by atoms with van der Waals surface area (Å²) in [6, 6.07) is 17.5. The molecule has 0 spiro atoms. The minimum atomic E-state index is -0.405. The molecule has 6 nitrogen and oxygen atoms in total. The van der Waals surface area contributed by atoms with E-state index in [1.807, 2.05) is 59.5 Å². The van der Waals surface area contributed by atoms with E-state index >= 15 is 0 Å². The lowest BCUT2D eigenvalue weighted by atomic mass is 10.1. The molecule has 28 heavy (non-hydrogen) atoms. The summed E-state index contributed by atoms with van der Waals surface area (Å²) in [5.74, 6) is 6.96. The Balaban J connectivity index is 1.66. The first-order chi connectivity index (χ1) is 13.6. The molecule has 1 atom stereocenters. The van der Waals surface area contributed by atoms with Gasteiger partial charge in [-0.2, -0.15) is 0 Å². The van der Waals surface area contributed by atoms with Gasteiger partial charge in [-0.3, -0.25) is 4.79 Å². The molecule has 0 aliphatic carbocycles. The molecule has 0 unspecified atom stereocenters. The van der Waals surface area contributed by atoms with Crippen molar-refractivity contribution in [3.05, 3.63) is 64.6 Å². The Morgan fingerprint density at radius 3 is 2.43 bits per heavy atom. The zero-order chi connectivity index (χ0) is 19.5. The maximum atomic E-state index is 13.2. The van der Waals surface area contributed by atoms with Crippen LogP contribution in [-0.4, -0.2) is 38.8 Å². The monoisotopic (exact) mass is 457 g/mol. The Kier molecular flexibility index (Phi) is 5.68. The van der Waals surface area contributed by atoms with Gasteiger partial charge in [-0.25, -0.2) is 4.68 Å². The van der Waals surface area contributed by atoms with Crippen LogP contribution in [0.3, 0.4) is 0 Å². The number of hydrogen-bond acceptors (Lipinski definition) is 5. The van der Waals surface area contributed by atoms with Gasteiger partial charge in [0.1, 0.15) is 5.25 Å². The summed E-state index contributed by atoms with van der Waals surface area (Å²) in [6.07, 6.45) is 2.11. The zero-order valence-corrected chi connectivity index (χ0v) is 17.6. The maximum absolute atomic E-state index is 13.2. The third-order valence-electron chi connectivity index (χ3n) is 4.75. The highest BCUT2D eigenvalue weighted by Gasteiger charge is 2.30. The fourth-order valence-corrected chi connectivity index (χ4v) is 4.79. The molecule has 0 radical (unpaired) electrons. The van der Waals surface area contributed by atoms with Crippen molar-refractivity contribution in [2.24, 2.45) is 0 Å². The number of nitrogens with two attached hydrogens (primary N) is 1. The van der Waals surface area contributed by atoms with E-state index in [1.54, 1.807) is 0 Å². The summed E-state index contributed by atoms with van der Waals surface area (Å²) < 4.78 is 2.34. The zero-order valence-electron chi connectivity index (χ0n) is 15.2. The molecule has 2 heterocycles. The van der Waals surface area contributed by atoms with E-state index in [1.165, 1.54) is 16.4 Å². The molecule has 2 aromatic carbocycles. The fourth-order valence-electron chi connectivity index (χ4n) is 3.28. The first kappa shape index (κ1) is 19.0. The molecular weight excluding hydrogens is 438 g/mol. The number of benzene rings is 2. The largest absolute Gasteiger partial charge is 0.341 e. The lowest BCUT2D eigenvalue weighted by Gasteiger charge is -2.22. The number of nitrogen functional groups attached to an aromatic ring is 1. The topological polar surface area (TPSA) is 77.0 Å². The first-order valence-corrected chi connectivity index (χ1v) is 10.8. The normalized spacial score (nSPS) is 15.0. The van der Waals surface area contributed by atoms with Gasteiger partial charge in [-0.1, -0.05) is 70.2 Å². The Bertz CT molecular complexity index is 972. The van der Waals surface area contributed by atoms with E-state index in [0.29, 0.717) is 11.0 Å². The molecule has 1 fully saturated rings. The average molecular weight is 458 g/mol. The van der Waals surface area contributed by atoms with Crippen LogP contribution >= 0.6 is 27.7 Å². The van der Waals surface area contributed by atoms with Crippen LogP contribution in [0.1, 0.15) is 23.7 Å². The highest BCUT2D eigenvalue weighted by molar-refractivity contribution is 9.10. The number of rotatable bonds is 5. The second kappa shape index (κ2) is 8.36. The Morgan fingerprint density at radius 2 is 1.71 bits per heavy atom. The molecule has 0 saturated carbocycles. The number of hydrogen-bond donors (Lipinski definition) is 1. The molecule has 144 valence electrons. The molecule has 4 rings (SSSR count). The van der Waals surface area contributed by atoms with Gasteiger partial charge < -0.3 is 10.7 Å². The first-order valence-electron chi connectivity index (χ1n) is 9.11. The van der Waals surface area contributed by atoms with E-state index in [9.17, 15) is 4.79 Å². The molecule has 8 heteroatoms. The van der Waals surface area contributed by atoms with Crippen LogP contribution < -0.4 is 5.84 Å². The van der Waals surface area contributed by atoms with Gasteiger partial charge in [0.15, 0.2) is 5.82 Å². The van der Waals surface area contributed by atoms with Crippen LogP contribution in [0.25, 0.3) is 11.4 Å². The molecule has 1 amide bonds. The van der Waals surface area contributed by atoms with E-state index in [2.05, 4.69) is 26.1 Å². The summed E-state index contributed by atoms with van der Waals surface area (Å²) >= 11 is 4.87. The van der Waals surface area contributed by atoms with Crippen molar-refractivity contribution < 1.29 is 4.79 Å². The number of thioether (sulfide) groups is 1. The van der Waals surface area contributed by atoms with Crippen molar-refractivity contribution >= 4 is 33.6 Å². The molecular formula is C20H20BrN5OS. The van der Waals surface area contributed by atoms with E-state index in [-0.39, 0.29) is 5.91 Å². The average Bonchev–Trinajstić information content (AvgIpc) is 3.37. The quantitative estimate of drug-likeness (QED) is 0.464. The second-order valence-corrected chi connectivity index (χ2v) is 8.52. The van der Waals surface area contributed by atoms with Gasteiger partial charge in [0, 0.05) is 23.1 Å². The lowest BCUT2D eigenvalue weighted by molar-refractivity contribution is -0.129. The lowest BCUT2D eigenvalue weighted by Crippen LogP contribution is -2.31. The summed E-state index contributed by atoms with van der Waals surface area (Å²) in [5.41, 5.74) is 1.79. The molecule has 1 aromatic heterocycles. The van der Waals surface area contributed by atoms with Gasteiger partial charge in [-0.05, 0) is 30.5 Å². The number of carbonyl (C=O) groups excluding carboxylic acids is 1. The van der Waals surface area contributed by atoms with Gasteiger partial charge >= 0.3 is 0 Å². The molecule has 0 bridgehead atoms. The molecule has 1 aliphatic heterocycles. The number of likely N-dealkylation sites (tertiary alicyclic amines) is 1. The summed E-state index contributed by atoms with van der Waals surface area (Å²) in [5, 5.41) is 8.63. The van der Waals surface area contributed by atoms with Gasteiger partial charge in [0.05, 0.1) is 0 Å². The number of aromatic nitrogens is 3. The number of amides is 1. The van der Waals surface area contributed by atoms with Crippen LogP contribution in [0.2, 0.25) is 0 Å². The second-order valence-electron chi connectivity index (χ2n) is 6.60. The smallest absolute Gasteiger partial charge is 0.240 e. The Morgan fingerprint density at radius 1 is 1.04 bits per heavy atom. The minimum absolute atomic E-state index is 0.0964. The van der Waals surface area contributed by atoms with Gasteiger partial charge in [-0.15, -0.1) is 10.2 Å². The van der Waals surface area contributed by atoms with Crippen molar-refractivity contribution in [3.8, 4) is 11.4 Å². The van der Waals surface area contributed by atoms with Crippen LogP contribution in [0.15, 0.2) is 64.2 Å². The van der Waals surface area contributed by atoms with E-state index in [4.69, 9.17) is 5.84 Å². The van der Waals surface area contributed by atoms with Crippen LogP contribution in [0, 0.1) is 0 Å². The van der Waals surface area contributed by atoms with Gasteiger partial charge in [0.25, 0.3) is 0 Å². The van der Waals surface area contributed by atoms with Crippen molar-refractivity contribution in [2.75, 3.05) is 18.9 Å². The van der Waals surface area contributed by atoms with Crippen molar-refractivity contribution in [1.29, 1.82) is 0 Å². The summed E-state index contributed by atoms with van der Waals surface area (Å²) in [6.45, 7) is 1.61. The summed E-state index contributed by atoms with van der Waals surface area (Å²) in [7, 11) is 0. The van der Waals surface area contributed by atoms with Crippen LogP contribution in [0.5, 0.6) is 0 Å². The number of halogens is 1. The highest BCUT2D eigenvalue weighted by Crippen LogP contribution is 2.37. The molecule has 3 aromatic rings. The number of carbonyl (C=O) groups is 1. The predicted octanol–water partition coefficient (Wildman–Crippen LogP) is 3.88. The fraction of sp³-hybridized carbons (Fsp3) is 0.250. The SMILES string of the molecule is Nn1c(S[C@H](C(=O)N2CCCC2)c2ccccc2)nnc1-c1ccccc1Br. The minimum Gasteiger partial charge on any atom is -0.341 e. The third kappa shape index (κ3) is 3.79. The molecule has 1 saturated heterocycles. The highest BCUT2D eigenvalue weighted by atomic mass is 79.9. The van der Waals surface area contributed by atoms with E-state index < -0.39 is 5.25 Å². The summed E-state index contributed by atoms with van der Waals surface area (Å²) in [4.78, 5) is 15.1. The number of nitrogens with zero attached hydrogens (tertiary/aromatic N) is 4.